The molecular weight excluding hydrogens is 444 g/mol. The molecule has 10 heteroatoms. The van der Waals surface area contributed by atoms with Crippen molar-refractivity contribution in [2.75, 3.05) is 32.8 Å². The molecule has 1 unspecified atom stereocenters. The van der Waals surface area contributed by atoms with Crippen molar-refractivity contribution in [1.29, 1.82) is 0 Å². The third-order valence-corrected chi connectivity index (χ3v) is 6.40. The Kier molecular flexibility index (Phi) is 9.92. The molecule has 1 fully saturated rings. The maximum atomic E-state index is 12.2. The molecule has 9 nitrogen and oxygen atoms in total. The van der Waals surface area contributed by atoms with E-state index in [4.69, 9.17) is 15.2 Å². The van der Waals surface area contributed by atoms with Crippen molar-refractivity contribution < 1.29 is 24.2 Å². The van der Waals surface area contributed by atoms with Crippen LogP contribution in [-0.4, -0.2) is 60.9 Å². The molecule has 1 heterocycles. The second-order valence-corrected chi connectivity index (χ2v) is 9.08. The smallest absolute Gasteiger partial charge is 0.273 e. The highest BCUT2D eigenvalue weighted by molar-refractivity contribution is 7.15. The van der Waals surface area contributed by atoms with E-state index in [2.05, 4.69) is 15.6 Å². The van der Waals surface area contributed by atoms with Gasteiger partial charge < -0.3 is 30.9 Å². The number of hydrogen-bond acceptors (Lipinski definition) is 8. The molecular formula is C23H32N4O5S. The van der Waals surface area contributed by atoms with Crippen LogP contribution in [-0.2, 0) is 0 Å². The monoisotopic (exact) mass is 476 g/mol. The Morgan fingerprint density at radius 1 is 1.18 bits per heavy atom. The van der Waals surface area contributed by atoms with Crippen LogP contribution in [0.4, 0.5) is 0 Å². The van der Waals surface area contributed by atoms with Gasteiger partial charge in [-0.05, 0) is 36.6 Å². The van der Waals surface area contributed by atoms with Gasteiger partial charge in [0.2, 0.25) is 5.91 Å². The Labute approximate surface area is 197 Å². The van der Waals surface area contributed by atoms with E-state index in [0.717, 1.165) is 12.3 Å². The van der Waals surface area contributed by atoms with Crippen LogP contribution in [0.25, 0.3) is 0 Å². The Bertz CT molecular complexity index is 883. The van der Waals surface area contributed by atoms with Gasteiger partial charge >= 0.3 is 0 Å². The standard InChI is InChI=1S/C23H32N4O5S/c24-21(29)17-5-7-19(8-6-17)31-12-11-25-13-18(28)15-32-23-27-14-20(33-23)22(30)26-10-9-16-3-1-2-4-16/h5-8,14,16,18,25,28H,1-4,9-13,15H2,(H2,24,29)(H,26,30). The number of nitrogens with one attached hydrogen (secondary N) is 2. The van der Waals surface area contributed by atoms with Gasteiger partial charge in [-0.15, -0.1) is 0 Å². The van der Waals surface area contributed by atoms with Crippen molar-refractivity contribution in [2.24, 2.45) is 11.7 Å². The van der Waals surface area contributed by atoms with Gasteiger partial charge in [-0.2, -0.15) is 0 Å². The highest BCUT2D eigenvalue weighted by Gasteiger charge is 2.16. The van der Waals surface area contributed by atoms with Crippen LogP contribution in [0.2, 0.25) is 0 Å². The minimum Gasteiger partial charge on any atom is -0.492 e. The van der Waals surface area contributed by atoms with Crippen LogP contribution in [0.5, 0.6) is 10.9 Å². The first kappa shape index (κ1) is 24.9. The molecule has 0 saturated heterocycles. The maximum absolute atomic E-state index is 12.2. The van der Waals surface area contributed by atoms with E-state index in [-0.39, 0.29) is 12.5 Å². The number of nitrogens with zero attached hydrogens (tertiary/aromatic N) is 1. The van der Waals surface area contributed by atoms with E-state index >= 15 is 0 Å². The fourth-order valence-electron chi connectivity index (χ4n) is 3.66. The van der Waals surface area contributed by atoms with Gasteiger partial charge in [0.15, 0.2) is 0 Å². The summed E-state index contributed by atoms with van der Waals surface area (Å²) in [7, 11) is 0. The van der Waals surface area contributed by atoms with Crippen molar-refractivity contribution in [3.05, 3.63) is 40.9 Å². The van der Waals surface area contributed by atoms with Gasteiger partial charge in [-0.25, -0.2) is 4.98 Å². The summed E-state index contributed by atoms with van der Waals surface area (Å²) in [5.41, 5.74) is 5.63. The predicted molar refractivity (Wildman–Crippen MR) is 126 cm³/mol. The third kappa shape index (κ3) is 8.64. The first-order chi connectivity index (χ1) is 16.0. The van der Waals surface area contributed by atoms with E-state index in [9.17, 15) is 14.7 Å². The molecule has 0 aliphatic heterocycles. The molecule has 33 heavy (non-hydrogen) atoms. The van der Waals surface area contributed by atoms with E-state index in [1.54, 1.807) is 24.3 Å². The zero-order valence-electron chi connectivity index (χ0n) is 18.6. The summed E-state index contributed by atoms with van der Waals surface area (Å²) >= 11 is 1.17. The summed E-state index contributed by atoms with van der Waals surface area (Å²) in [6, 6.07) is 6.58. The van der Waals surface area contributed by atoms with Gasteiger partial charge in [0, 0.05) is 25.2 Å². The molecule has 1 saturated carbocycles. The highest BCUT2D eigenvalue weighted by Crippen LogP contribution is 2.27. The number of ether oxygens (including phenoxy) is 2. The topological polar surface area (TPSA) is 136 Å². The molecule has 1 aromatic carbocycles. The first-order valence-corrected chi connectivity index (χ1v) is 12.1. The van der Waals surface area contributed by atoms with Crippen molar-refractivity contribution in [2.45, 2.75) is 38.2 Å². The summed E-state index contributed by atoms with van der Waals surface area (Å²) in [5, 5.41) is 16.5. The average Bonchev–Trinajstić information content (AvgIpc) is 3.50. The van der Waals surface area contributed by atoms with Crippen molar-refractivity contribution in [3.63, 3.8) is 0 Å². The van der Waals surface area contributed by atoms with Crippen LogP contribution in [0, 0.1) is 5.92 Å². The fraction of sp³-hybridized carbons (Fsp3) is 0.522. The van der Waals surface area contributed by atoms with Crippen molar-refractivity contribution in [1.82, 2.24) is 15.6 Å². The number of carbonyl (C=O) groups excluding carboxylic acids is 2. The highest BCUT2D eigenvalue weighted by atomic mass is 32.1. The van der Waals surface area contributed by atoms with E-state index in [0.29, 0.717) is 47.6 Å². The summed E-state index contributed by atoms with van der Waals surface area (Å²) in [6.45, 7) is 2.00. The second kappa shape index (κ2) is 13.1. The molecule has 0 bridgehead atoms. The lowest BCUT2D eigenvalue weighted by molar-refractivity contribution is 0.0953. The SMILES string of the molecule is NC(=O)c1ccc(OCCNCC(O)COc2ncc(C(=O)NCCC3CCCC3)s2)cc1. The van der Waals surface area contributed by atoms with Crippen molar-refractivity contribution in [3.8, 4) is 10.9 Å². The number of amides is 2. The Morgan fingerprint density at radius 2 is 1.94 bits per heavy atom. The summed E-state index contributed by atoms with van der Waals surface area (Å²) in [6.07, 6.45) is 6.94. The number of carbonyl (C=O) groups is 2. The molecule has 1 atom stereocenters. The lowest BCUT2D eigenvalue weighted by Gasteiger charge is -2.12. The molecule has 1 aliphatic rings. The normalized spacial score (nSPS) is 14.7. The maximum Gasteiger partial charge on any atom is 0.273 e. The number of aromatic nitrogens is 1. The Morgan fingerprint density at radius 3 is 2.67 bits per heavy atom. The van der Waals surface area contributed by atoms with Crippen LogP contribution in [0.3, 0.4) is 0 Å². The molecule has 1 aliphatic carbocycles. The van der Waals surface area contributed by atoms with Gasteiger partial charge in [0.1, 0.15) is 29.9 Å². The predicted octanol–water partition coefficient (Wildman–Crippen LogP) is 1.96. The lowest BCUT2D eigenvalue weighted by atomic mass is 10.0. The average molecular weight is 477 g/mol. The van der Waals surface area contributed by atoms with E-state index < -0.39 is 12.0 Å². The minimum atomic E-state index is -0.729. The molecule has 5 N–H and O–H groups in total. The lowest BCUT2D eigenvalue weighted by Crippen LogP contribution is -2.33. The summed E-state index contributed by atoms with van der Waals surface area (Å²) < 4.78 is 11.1. The van der Waals surface area contributed by atoms with Gasteiger partial charge in [-0.1, -0.05) is 37.0 Å². The third-order valence-electron chi connectivity index (χ3n) is 5.49. The largest absolute Gasteiger partial charge is 0.492 e. The molecule has 180 valence electrons. The zero-order chi connectivity index (χ0) is 23.5. The minimum absolute atomic E-state index is 0.0681. The number of rotatable bonds is 14. The summed E-state index contributed by atoms with van der Waals surface area (Å²) in [5.74, 6) is 0.757. The van der Waals surface area contributed by atoms with Gasteiger partial charge in [0.05, 0.1) is 6.20 Å². The van der Waals surface area contributed by atoms with Crippen LogP contribution in [0.15, 0.2) is 30.5 Å². The number of nitrogens with two attached hydrogens (primary N) is 1. The molecule has 1 aromatic heterocycles. The van der Waals surface area contributed by atoms with Crippen LogP contribution < -0.4 is 25.8 Å². The van der Waals surface area contributed by atoms with Crippen LogP contribution in [0.1, 0.15) is 52.1 Å². The Balaban J connectivity index is 1.25. The van der Waals surface area contributed by atoms with Crippen molar-refractivity contribution >= 4 is 23.2 Å². The van der Waals surface area contributed by atoms with Gasteiger partial charge in [-0.3, -0.25) is 9.59 Å². The number of aliphatic hydroxyl groups excluding tert-OH is 1. The quantitative estimate of drug-likeness (QED) is 0.306. The molecule has 0 spiro atoms. The molecule has 3 rings (SSSR count). The second-order valence-electron chi connectivity index (χ2n) is 8.09. The first-order valence-electron chi connectivity index (χ1n) is 11.3. The van der Waals surface area contributed by atoms with Gasteiger partial charge in [0.25, 0.3) is 11.1 Å². The fourth-order valence-corrected chi connectivity index (χ4v) is 4.35. The number of aliphatic hydroxyl groups is 1. The Hall–Kier alpha value is -2.69. The molecule has 2 amide bonds. The number of primary amides is 1. The molecule has 0 radical (unpaired) electrons. The van der Waals surface area contributed by atoms with E-state index in [1.165, 1.54) is 43.2 Å². The number of benzene rings is 1. The number of hydrogen-bond donors (Lipinski definition) is 4. The zero-order valence-corrected chi connectivity index (χ0v) is 19.4. The van der Waals surface area contributed by atoms with Crippen LogP contribution >= 0.6 is 11.3 Å². The van der Waals surface area contributed by atoms with E-state index in [1.807, 2.05) is 0 Å². The summed E-state index contributed by atoms with van der Waals surface area (Å²) in [4.78, 5) is 27.9. The molecule has 2 aromatic rings. The number of thiazole rings is 1.